The Balaban J connectivity index is 1.57. The third-order valence-electron chi connectivity index (χ3n) is 5.78. The van der Waals surface area contributed by atoms with Gasteiger partial charge in [0.2, 0.25) is 0 Å². The minimum atomic E-state index is -0.174. The van der Waals surface area contributed by atoms with Crippen LogP contribution < -0.4 is 21.3 Å². The molecule has 0 aromatic heterocycles. The van der Waals surface area contributed by atoms with E-state index in [2.05, 4.69) is 44.9 Å². The molecule has 3 aromatic carbocycles. The molecule has 6 nitrogen and oxygen atoms in total. The van der Waals surface area contributed by atoms with E-state index in [1.165, 1.54) is 0 Å². The zero-order valence-corrected chi connectivity index (χ0v) is 22.3. The molecule has 0 saturated heterocycles. The Morgan fingerprint density at radius 3 is 1.08 bits per heavy atom. The molecule has 6 heteroatoms. The summed E-state index contributed by atoms with van der Waals surface area (Å²) in [4.78, 5) is 23.4. The average molecular weight is 507 g/mol. The first kappa shape index (κ1) is 27.9. The molecule has 0 spiro atoms. The van der Waals surface area contributed by atoms with Gasteiger partial charge in [-0.05, 0) is 87.4 Å². The fourth-order valence-electron chi connectivity index (χ4n) is 3.62. The molecule has 0 radical (unpaired) electrons. The lowest BCUT2D eigenvalue weighted by atomic mass is 10.1. The SMILES string of the molecule is CCNC(=O)N[C@@H](C)c1ccc(C#Cc2ccc(C#Cc3ccc([C@H](C)NC(=O)NCC)cc3)cc2)cc1. The molecule has 38 heavy (non-hydrogen) atoms. The van der Waals surface area contributed by atoms with Crippen LogP contribution in [0.5, 0.6) is 0 Å². The maximum Gasteiger partial charge on any atom is 0.315 e. The van der Waals surface area contributed by atoms with Gasteiger partial charge in [0.25, 0.3) is 0 Å². The molecule has 0 aliphatic rings. The van der Waals surface area contributed by atoms with Crippen molar-refractivity contribution in [3.63, 3.8) is 0 Å². The lowest BCUT2D eigenvalue weighted by molar-refractivity contribution is 0.237. The number of nitrogens with one attached hydrogen (secondary N) is 4. The fraction of sp³-hybridized carbons (Fsp3) is 0.250. The first-order chi connectivity index (χ1) is 18.4. The molecule has 3 rings (SSSR count). The van der Waals surface area contributed by atoms with Gasteiger partial charge in [0.05, 0.1) is 12.1 Å². The molecule has 0 aliphatic carbocycles. The van der Waals surface area contributed by atoms with Gasteiger partial charge >= 0.3 is 12.1 Å². The maximum absolute atomic E-state index is 11.7. The predicted octanol–water partition coefficient (Wildman–Crippen LogP) is 5.25. The van der Waals surface area contributed by atoms with Crippen molar-refractivity contribution in [1.29, 1.82) is 0 Å². The fourth-order valence-corrected chi connectivity index (χ4v) is 3.62. The molecule has 3 aromatic rings. The summed E-state index contributed by atoms with van der Waals surface area (Å²) in [7, 11) is 0. The number of carbonyl (C=O) groups is 2. The van der Waals surface area contributed by atoms with Crippen molar-refractivity contribution in [1.82, 2.24) is 21.3 Å². The number of benzene rings is 3. The van der Waals surface area contributed by atoms with Crippen molar-refractivity contribution in [2.24, 2.45) is 0 Å². The van der Waals surface area contributed by atoms with E-state index in [0.717, 1.165) is 33.4 Å². The normalized spacial score (nSPS) is 11.5. The summed E-state index contributed by atoms with van der Waals surface area (Å²) >= 11 is 0. The number of carbonyl (C=O) groups excluding carboxylic acids is 2. The van der Waals surface area contributed by atoms with Crippen LogP contribution in [0.15, 0.2) is 72.8 Å². The van der Waals surface area contributed by atoms with Gasteiger partial charge in [-0.25, -0.2) is 9.59 Å². The van der Waals surface area contributed by atoms with Crippen LogP contribution in [-0.2, 0) is 0 Å². The standard InChI is InChI=1S/C32H34N4O2/c1-5-33-31(37)35-23(3)29-19-15-27(16-20-29)13-11-25-7-9-26(10-8-25)12-14-28-17-21-30(22-18-28)24(4)36-32(38)34-6-2/h7-10,15-24H,5-6H2,1-4H3,(H2,33,35,37)(H2,34,36,38)/t23-,24-/m0/s1. The topological polar surface area (TPSA) is 82.3 Å². The molecule has 0 heterocycles. The van der Waals surface area contributed by atoms with Gasteiger partial charge in [-0.3, -0.25) is 0 Å². The molecule has 4 N–H and O–H groups in total. The largest absolute Gasteiger partial charge is 0.338 e. The van der Waals surface area contributed by atoms with Crippen LogP contribution in [0, 0.1) is 23.7 Å². The highest BCUT2D eigenvalue weighted by molar-refractivity contribution is 5.74. The molecular weight excluding hydrogens is 472 g/mol. The van der Waals surface area contributed by atoms with Gasteiger partial charge in [-0.15, -0.1) is 0 Å². The lowest BCUT2D eigenvalue weighted by Crippen LogP contribution is -2.36. The van der Waals surface area contributed by atoms with Gasteiger partial charge in [0.1, 0.15) is 0 Å². The van der Waals surface area contributed by atoms with E-state index in [-0.39, 0.29) is 24.1 Å². The van der Waals surface area contributed by atoms with Gasteiger partial charge in [-0.1, -0.05) is 47.9 Å². The van der Waals surface area contributed by atoms with Crippen LogP contribution in [0.25, 0.3) is 0 Å². The predicted molar refractivity (Wildman–Crippen MR) is 153 cm³/mol. The van der Waals surface area contributed by atoms with E-state index < -0.39 is 0 Å². The van der Waals surface area contributed by atoms with Gasteiger partial charge < -0.3 is 21.3 Å². The Kier molecular flexibility index (Phi) is 10.4. The van der Waals surface area contributed by atoms with Crippen molar-refractivity contribution >= 4 is 12.1 Å². The van der Waals surface area contributed by atoms with Crippen LogP contribution in [-0.4, -0.2) is 25.2 Å². The highest BCUT2D eigenvalue weighted by Crippen LogP contribution is 2.14. The van der Waals surface area contributed by atoms with E-state index in [0.29, 0.717) is 13.1 Å². The second kappa shape index (κ2) is 14.2. The van der Waals surface area contributed by atoms with Gasteiger partial charge in [-0.2, -0.15) is 0 Å². The molecule has 194 valence electrons. The third kappa shape index (κ3) is 8.76. The third-order valence-corrected chi connectivity index (χ3v) is 5.78. The van der Waals surface area contributed by atoms with Crippen LogP contribution in [0.4, 0.5) is 9.59 Å². The average Bonchev–Trinajstić information content (AvgIpc) is 2.92. The first-order valence-electron chi connectivity index (χ1n) is 12.8. The van der Waals surface area contributed by atoms with Crippen molar-refractivity contribution in [2.45, 2.75) is 39.8 Å². The highest BCUT2D eigenvalue weighted by Gasteiger charge is 2.09. The number of hydrogen-bond donors (Lipinski definition) is 4. The van der Waals surface area contributed by atoms with E-state index >= 15 is 0 Å². The van der Waals surface area contributed by atoms with Crippen LogP contribution in [0.1, 0.15) is 73.2 Å². The van der Waals surface area contributed by atoms with Gasteiger partial charge in [0.15, 0.2) is 0 Å². The zero-order chi connectivity index (χ0) is 27.3. The molecule has 0 saturated carbocycles. The van der Waals surface area contributed by atoms with Crippen molar-refractivity contribution in [2.75, 3.05) is 13.1 Å². The summed E-state index contributed by atoms with van der Waals surface area (Å²) in [5.74, 6) is 12.7. The van der Waals surface area contributed by atoms with Crippen LogP contribution in [0.3, 0.4) is 0 Å². The summed E-state index contributed by atoms with van der Waals surface area (Å²) in [6.45, 7) is 8.85. The molecule has 0 fully saturated rings. The summed E-state index contributed by atoms with van der Waals surface area (Å²) in [5, 5.41) is 11.3. The van der Waals surface area contributed by atoms with E-state index in [1.54, 1.807) is 0 Å². The highest BCUT2D eigenvalue weighted by atomic mass is 16.2. The van der Waals surface area contributed by atoms with E-state index in [9.17, 15) is 9.59 Å². The molecule has 0 unspecified atom stereocenters. The Morgan fingerprint density at radius 2 is 0.816 bits per heavy atom. The first-order valence-corrected chi connectivity index (χ1v) is 12.8. The number of hydrogen-bond acceptors (Lipinski definition) is 2. The summed E-state index contributed by atoms with van der Waals surface area (Å²) in [6.07, 6.45) is 0. The molecular formula is C32H34N4O2. The van der Waals surface area contributed by atoms with E-state index in [4.69, 9.17) is 0 Å². The number of amides is 4. The van der Waals surface area contributed by atoms with Crippen molar-refractivity contribution in [3.8, 4) is 23.7 Å². The minimum Gasteiger partial charge on any atom is -0.338 e. The minimum absolute atomic E-state index is 0.0884. The van der Waals surface area contributed by atoms with Crippen molar-refractivity contribution in [3.05, 3.63) is 106 Å². The molecule has 0 aliphatic heterocycles. The zero-order valence-electron chi connectivity index (χ0n) is 22.3. The second-order valence-corrected chi connectivity index (χ2v) is 8.77. The molecule has 4 amide bonds. The van der Waals surface area contributed by atoms with Crippen LogP contribution in [0.2, 0.25) is 0 Å². The maximum atomic E-state index is 11.7. The Labute approximate surface area is 225 Å². The van der Waals surface area contributed by atoms with Gasteiger partial charge in [0, 0.05) is 35.3 Å². The van der Waals surface area contributed by atoms with Crippen LogP contribution >= 0.6 is 0 Å². The number of urea groups is 2. The number of rotatable bonds is 6. The smallest absolute Gasteiger partial charge is 0.315 e. The molecule has 2 atom stereocenters. The summed E-state index contributed by atoms with van der Waals surface area (Å²) in [6, 6.07) is 23.1. The Hall–Kier alpha value is -4.68. The quantitative estimate of drug-likeness (QED) is 0.345. The van der Waals surface area contributed by atoms with Crippen molar-refractivity contribution < 1.29 is 9.59 Å². The van der Waals surface area contributed by atoms with E-state index in [1.807, 2.05) is 100 Å². The lowest BCUT2D eigenvalue weighted by Gasteiger charge is -2.14. The monoisotopic (exact) mass is 506 g/mol. The molecule has 0 bridgehead atoms. The summed E-state index contributed by atoms with van der Waals surface area (Å²) < 4.78 is 0. The summed E-state index contributed by atoms with van der Waals surface area (Å²) in [5.41, 5.74) is 5.66. The Morgan fingerprint density at radius 1 is 0.553 bits per heavy atom. The Bertz CT molecular complexity index is 1230. The second-order valence-electron chi connectivity index (χ2n) is 8.77.